The van der Waals surface area contributed by atoms with Crippen LogP contribution in [0.15, 0.2) is 58.7 Å². The van der Waals surface area contributed by atoms with Crippen molar-refractivity contribution < 1.29 is 0 Å². The second kappa shape index (κ2) is 6.97. The van der Waals surface area contributed by atoms with Gasteiger partial charge >= 0.3 is 0 Å². The van der Waals surface area contributed by atoms with Crippen molar-refractivity contribution >= 4 is 17.1 Å². The normalized spacial score (nSPS) is 15.8. The van der Waals surface area contributed by atoms with E-state index >= 15 is 0 Å². The number of aromatic nitrogens is 3. The third-order valence-corrected chi connectivity index (χ3v) is 4.76. The van der Waals surface area contributed by atoms with Crippen molar-refractivity contribution in [3.8, 4) is 0 Å². The van der Waals surface area contributed by atoms with Gasteiger partial charge in [0.15, 0.2) is 0 Å². The van der Waals surface area contributed by atoms with Crippen LogP contribution in [-0.2, 0) is 0 Å². The third kappa shape index (κ3) is 3.22. The number of rotatable bonds is 3. The van der Waals surface area contributed by atoms with Crippen molar-refractivity contribution in [2.75, 3.05) is 0 Å². The van der Waals surface area contributed by atoms with Crippen LogP contribution in [-0.4, -0.2) is 20.9 Å². The quantitative estimate of drug-likeness (QED) is 0.687. The molecule has 0 unspecified atom stereocenters. The summed E-state index contributed by atoms with van der Waals surface area (Å²) in [5, 5.41) is 5.08. The summed E-state index contributed by atoms with van der Waals surface area (Å²) < 4.78 is 1.49. The lowest BCUT2D eigenvalue weighted by molar-refractivity contribution is 0.416. The molecule has 0 aliphatic heterocycles. The Hall–Kier alpha value is -2.82. The first-order chi connectivity index (χ1) is 12.3. The van der Waals surface area contributed by atoms with E-state index in [1.807, 2.05) is 36.4 Å². The SMILES string of the molecule is O=c1c2ccccc2nc(C2CCCCC2)n1N=Cc1cccnc1. The van der Waals surface area contributed by atoms with E-state index in [2.05, 4.69) is 10.1 Å². The lowest BCUT2D eigenvalue weighted by Gasteiger charge is -2.22. The minimum absolute atomic E-state index is 0.105. The van der Waals surface area contributed by atoms with E-state index in [1.54, 1.807) is 18.6 Å². The van der Waals surface area contributed by atoms with Gasteiger partial charge in [-0.25, -0.2) is 4.98 Å². The summed E-state index contributed by atoms with van der Waals surface area (Å²) in [4.78, 5) is 21.9. The molecular weight excluding hydrogens is 312 g/mol. The fourth-order valence-electron chi connectivity index (χ4n) is 3.45. The van der Waals surface area contributed by atoms with Gasteiger partial charge in [-0.3, -0.25) is 9.78 Å². The molecular formula is C20H20N4O. The van der Waals surface area contributed by atoms with E-state index < -0.39 is 0 Å². The topological polar surface area (TPSA) is 60.1 Å². The molecule has 5 heteroatoms. The highest BCUT2D eigenvalue weighted by molar-refractivity contribution is 5.80. The average Bonchev–Trinajstić information content (AvgIpc) is 2.69. The zero-order chi connectivity index (χ0) is 17.1. The Bertz CT molecular complexity index is 956. The van der Waals surface area contributed by atoms with Gasteiger partial charge in [-0.1, -0.05) is 37.5 Å². The van der Waals surface area contributed by atoms with Crippen LogP contribution in [0.5, 0.6) is 0 Å². The van der Waals surface area contributed by atoms with Crippen LogP contribution in [0.4, 0.5) is 0 Å². The fraction of sp³-hybridized carbons (Fsp3) is 0.300. The lowest BCUT2D eigenvalue weighted by Crippen LogP contribution is -2.25. The Balaban J connectivity index is 1.86. The number of pyridine rings is 1. The second-order valence-electron chi connectivity index (χ2n) is 6.47. The molecule has 25 heavy (non-hydrogen) atoms. The van der Waals surface area contributed by atoms with Crippen LogP contribution in [0, 0.1) is 0 Å². The highest BCUT2D eigenvalue weighted by Gasteiger charge is 2.22. The van der Waals surface area contributed by atoms with Crippen molar-refractivity contribution in [2.45, 2.75) is 38.0 Å². The van der Waals surface area contributed by atoms with Crippen LogP contribution < -0.4 is 5.56 Å². The predicted molar refractivity (Wildman–Crippen MR) is 99.1 cm³/mol. The molecule has 0 N–H and O–H groups in total. The molecule has 2 aromatic heterocycles. The molecule has 3 aromatic rings. The zero-order valence-electron chi connectivity index (χ0n) is 14.0. The number of hydrogen-bond donors (Lipinski definition) is 0. The van der Waals surface area contributed by atoms with Gasteiger partial charge in [0.05, 0.1) is 17.1 Å². The maximum Gasteiger partial charge on any atom is 0.282 e. The van der Waals surface area contributed by atoms with E-state index in [9.17, 15) is 4.79 Å². The summed E-state index contributed by atoms with van der Waals surface area (Å²) in [5.74, 6) is 1.07. The molecule has 4 rings (SSSR count). The summed E-state index contributed by atoms with van der Waals surface area (Å²) in [6.07, 6.45) is 10.9. The van der Waals surface area contributed by atoms with E-state index in [-0.39, 0.29) is 11.5 Å². The third-order valence-electron chi connectivity index (χ3n) is 4.76. The molecule has 5 nitrogen and oxygen atoms in total. The number of para-hydroxylation sites is 1. The number of nitrogens with zero attached hydrogens (tertiary/aromatic N) is 4. The maximum absolute atomic E-state index is 13.0. The molecule has 0 radical (unpaired) electrons. The summed E-state index contributed by atoms with van der Waals surface area (Å²) >= 11 is 0. The van der Waals surface area contributed by atoms with Crippen LogP contribution >= 0.6 is 0 Å². The van der Waals surface area contributed by atoms with Gasteiger partial charge < -0.3 is 0 Å². The molecule has 0 spiro atoms. The highest BCUT2D eigenvalue weighted by Crippen LogP contribution is 2.31. The minimum Gasteiger partial charge on any atom is -0.267 e. The van der Waals surface area contributed by atoms with Gasteiger partial charge in [-0.05, 0) is 31.0 Å². The van der Waals surface area contributed by atoms with Crippen molar-refractivity contribution in [3.05, 3.63) is 70.5 Å². The minimum atomic E-state index is -0.105. The molecule has 1 aliphatic rings. The standard InChI is InChI=1S/C20H20N4O/c25-20-17-10-4-5-11-18(17)23-19(16-8-2-1-3-9-16)24(20)22-14-15-7-6-12-21-13-15/h4-7,10-14,16H,1-3,8-9H2. The maximum atomic E-state index is 13.0. The van der Waals surface area contributed by atoms with Crippen LogP contribution in [0.3, 0.4) is 0 Å². The fourth-order valence-corrected chi connectivity index (χ4v) is 3.45. The first kappa shape index (κ1) is 15.7. The number of benzene rings is 1. The number of fused-ring (bicyclic) bond motifs is 1. The van der Waals surface area contributed by atoms with Gasteiger partial charge in [0, 0.05) is 23.9 Å². The van der Waals surface area contributed by atoms with E-state index in [0.717, 1.165) is 29.7 Å². The van der Waals surface area contributed by atoms with Crippen molar-refractivity contribution in [3.63, 3.8) is 0 Å². The molecule has 1 aromatic carbocycles. The molecule has 0 amide bonds. The summed E-state index contributed by atoms with van der Waals surface area (Å²) in [7, 11) is 0. The summed E-state index contributed by atoms with van der Waals surface area (Å²) in [5.41, 5.74) is 1.50. The van der Waals surface area contributed by atoms with Gasteiger partial charge in [-0.15, -0.1) is 0 Å². The van der Waals surface area contributed by atoms with Crippen molar-refractivity contribution in [1.82, 2.24) is 14.6 Å². The summed E-state index contributed by atoms with van der Waals surface area (Å²) in [6, 6.07) is 11.3. The second-order valence-corrected chi connectivity index (χ2v) is 6.47. The van der Waals surface area contributed by atoms with Crippen LogP contribution in [0.2, 0.25) is 0 Å². The van der Waals surface area contributed by atoms with E-state index in [0.29, 0.717) is 5.39 Å². The largest absolute Gasteiger partial charge is 0.282 e. The van der Waals surface area contributed by atoms with Gasteiger partial charge in [0.25, 0.3) is 5.56 Å². The Labute approximate surface area is 146 Å². The molecule has 0 saturated heterocycles. The van der Waals surface area contributed by atoms with Crippen LogP contribution in [0.25, 0.3) is 10.9 Å². The molecule has 0 bridgehead atoms. The average molecular weight is 332 g/mol. The lowest BCUT2D eigenvalue weighted by atomic mass is 9.88. The molecule has 126 valence electrons. The Morgan fingerprint density at radius 2 is 1.92 bits per heavy atom. The summed E-state index contributed by atoms with van der Waals surface area (Å²) in [6.45, 7) is 0. The molecule has 1 saturated carbocycles. The molecule has 0 atom stereocenters. The van der Waals surface area contributed by atoms with Gasteiger partial charge in [0.2, 0.25) is 0 Å². The molecule has 2 heterocycles. The highest BCUT2D eigenvalue weighted by atomic mass is 16.1. The van der Waals surface area contributed by atoms with Crippen molar-refractivity contribution in [1.29, 1.82) is 0 Å². The smallest absolute Gasteiger partial charge is 0.267 e. The first-order valence-electron chi connectivity index (χ1n) is 8.79. The first-order valence-corrected chi connectivity index (χ1v) is 8.79. The van der Waals surface area contributed by atoms with Crippen LogP contribution in [0.1, 0.15) is 49.4 Å². The molecule has 1 fully saturated rings. The zero-order valence-corrected chi connectivity index (χ0v) is 14.0. The Morgan fingerprint density at radius 3 is 2.72 bits per heavy atom. The predicted octanol–water partition coefficient (Wildman–Crippen LogP) is 3.72. The Morgan fingerprint density at radius 1 is 1.08 bits per heavy atom. The van der Waals surface area contributed by atoms with E-state index in [4.69, 9.17) is 4.98 Å². The monoisotopic (exact) mass is 332 g/mol. The Kier molecular flexibility index (Phi) is 4.37. The van der Waals surface area contributed by atoms with E-state index in [1.165, 1.54) is 23.9 Å². The van der Waals surface area contributed by atoms with Gasteiger partial charge in [0.1, 0.15) is 5.82 Å². The van der Waals surface area contributed by atoms with Gasteiger partial charge in [-0.2, -0.15) is 9.78 Å². The number of hydrogen-bond acceptors (Lipinski definition) is 4. The van der Waals surface area contributed by atoms with Crippen molar-refractivity contribution in [2.24, 2.45) is 5.10 Å². The molecule has 1 aliphatic carbocycles.